The largest absolute Gasteiger partial charge is 0.465 e. The van der Waals surface area contributed by atoms with Crippen molar-refractivity contribution in [2.45, 2.75) is 38.1 Å². The highest BCUT2D eigenvalue weighted by atomic mass is 16.6. The van der Waals surface area contributed by atoms with Gasteiger partial charge in [0, 0.05) is 24.3 Å². The first-order valence-electron chi connectivity index (χ1n) is 6.25. The summed E-state index contributed by atoms with van der Waals surface area (Å²) >= 11 is 0. The maximum absolute atomic E-state index is 11.6. The standard InChI is InChI=1S/C13H16O5/c1-6(2)12(14)17-7-3-9-8-5-16-13(15)11(8)10(4-7)18-9/h7-11H,1,3-5H2,2H3. The molecule has 5 atom stereocenters. The van der Waals surface area contributed by atoms with Gasteiger partial charge in [-0.1, -0.05) is 6.58 Å². The Morgan fingerprint density at radius 2 is 2.11 bits per heavy atom. The van der Waals surface area contributed by atoms with E-state index in [4.69, 9.17) is 14.2 Å². The van der Waals surface area contributed by atoms with E-state index >= 15 is 0 Å². The van der Waals surface area contributed by atoms with Gasteiger partial charge in [0.05, 0.1) is 24.7 Å². The molecule has 3 heterocycles. The van der Waals surface area contributed by atoms with Gasteiger partial charge in [-0.15, -0.1) is 0 Å². The quantitative estimate of drug-likeness (QED) is 0.538. The Bertz CT molecular complexity index is 416. The van der Waals surface area contributed by atoms with E-state index in [1.807, 2.05) is 0 Å². The Morgan fingerprint density at radius 1 is 1.39 bits per heavy atom. The number of hydrogen-bond acceptors (Lipinski definition) is 5. The third-order valence-electron chi connectivity index (χ3n) is 3.99. The average molecular weight is 252 g/mol. The summed E-state index contributed by atoms with van der Waals surface area (Å²) in [6, 6.07) is 0. The van der Waals surface area contributed by atoms with Gasteiger partial charge in [-0.25, -0.2) is 4.79 Å². The molecule has 0 N–H and O–H groups in total. The lowest BCUT2D eigenvalue weighted by atomic mass is 9.91. The summed E-state index contributed by atoms with van der Waals surface area (Å²) in [4.78, 5) is 23.1. The van der Waals surface area contributed by atoms with Crippen LogP contribution in [0.25, 0.3) is 0 Å². The molecule has 0 aromatic carbocycles. The lowest BCUT2D eigenvalue weighted by Crippen LogP contribution is -2.35. The first-order chi connectivity index (χ1) is 8.56. The van der Waals surface area contributed by atoms with Gasteiger partial charge < -0.3 is 14.2 Å². The number of rotatable bonds is 2. The fourth-order valence-corrected chi connectivity index (χ4v) is 3.12. The smallest absolute Gasteiger partial charge is 0.333 e. The topological polar surface area (TPSA) is 61.8 Å². The van der Waals surface area contributed by atoms with Gasteiger partial charge in [0.2, 0.25) is 0 Å². The Morgan fingerprint density at radius 3 is 2.83 bits per heavy atom. The molecule has 5 nitrogen and oxygen atoms in total. The van der Waals surface area contributed by atoms with Crippen molar-refractivity contribution >= 4 is 11.9 Å². The normalized spacial score (nSPS) is 41.2. The van der Waals surface area contributed by atoms with Crippen molar-refractivity contribution in [3.63, 3.8) is 0 Å². The van der Waals surface area contributed by atoms with Crippen LogP contribution in [0.15, 0.2) is 12.2 Å². The van der Waals surface area contributed by atoms with E-state index in [0.717, 1.165) is 0 Å². The zero-order valence-corrected chi connectivity index (χ0v) is 10.3. The molecule has 0 saturated carbocycles. The predicted octanol–water partition coefficient (Wildman–Crippen LogP) is 0.825. The monoisotopic (exact) mass is 252 g/mol. The lowest BCUT2D eigenvalue weighted by molar-refractivity contribution is -0.157. The average Bonchev–Trinajstić information content (AvgIpc) is 2.80. The maximum atomic E-state index is 11.6. The van der Waals surface area contributed by atoms with Crippen LogP contribution in [0.2, 0.25) is 0 Å². The highest BCUT2D eigenvalue weighted by Gasteiger charge is 2.57. The van der Waals surface area contributed by atoms with Crippen molar-refractivity contribution < 1.29 is 23.8 Å². The molecule has 0 aromatic heterocycles. The van der Waals surface area contributed by atoms with Gasteiger partial charge in [0.1, 0.15) is 6.10 Å². The summed E-state index contributed by atoms with van der Waals surface area (Å²) in [6.45, 7) is 5.63. The van der Waals surface area contributed by atoms with Crippen LogP contribution in [-0.2, 0) is 23.8 Å². The summed E-state index contributed by atoms with van der Waals surface area (Å²) in [7, 11) is 0. The minimum Gasteiger partial charge on any atom is -0.465 e. The number of cyclic esters (lactones) is 1. The van der Waals surface area contributed by atoms with Crippen molar-refractivity contribution in [3.8, 4) is 0 Å². The summed E-state index contributed by atoms with van der Waals surface area (Å²) in [6.07, 6.45) is 0.866. The minimum absolute atomic E-state index is 0.0249. The second kappa shape index (κ2) is 4.09. The molecule has 5 heteroatoms. The van der Waals surface area contributed by atoms with Crippen molar-refractivity contribution in [1.29, 1.82) is 0 Å². The van der Waals surface area contributed by atoms with Crippen LogP contribution >= 0.6 is 0 Å². The van der Waals surface area contributed by atoms with Crippen LogP contribution in [0.4, 0.5) is 0 Å². The van der Waals surface area contributed by atoms with Gasteiger partial charge in [0.15, 0.2) is 0 Å². The molecule has 3 aliphatic heterocycles. The molecule has 2 bridgehead atoms. The van der Waals surface area contributed by atoms with Crippen LogP contribution in [0.3, 0.4) is 0 Å². The summed E-state index contributed by atoms with van der Waals surface area (Å²) in [5.74, 6) is -0.562. The molecule has 0 radical (unpaired) electrons. The van der Waals surface area contributed by atoms with E-state index in [0.29, 0.717) is 25.0 Å². The van der Waals surface area contributed by atoms with Gasteiger partial charge in [-0.3, -0.25) is 4.79 Å². The third kappa shape index (κ3) is 1.73. The van der Waals surface area contributed by atoms with Crippen LogP contribution in [0, 0.1) is 11.8 Å². The molecular formula is C13H16O5. The minimum atomic E-state index is -0.367. The molecular weight excluding hydrogens is 236 g/mol. The van der Waals surface area contributed by atoms with Crippen molar-refractivity contribution in [2.75, 3.05) is 6.61 Å². The Hall–Kier alpha value is -1.36. The van der Waals surface area contributed by atoms with E-state index in [-0.39, 0.29) is 42.1 Å². The van der Waals surface area contributed by atoms with Crippen LogP contribution in [0.5, 0.6) is 0 Å². The molecule has 18 heavy (non-hydrogen) atoms. The van der Waals surface area contributed by atoms with Gasteiger partial charge in [-0.2, -0.15) is 0 Å². The summed E-state index contributed by atoms with van der Waals surface area (Å²) < 4.78 is 16.2. The molecule has 0 spiro atoms. The Labute approximate surface area is 105 Å². The molecule has 3 fully saturated rings. The predicted molar refractivity (Wildman–Crippen MR) is 60.5 cm³/mol. The molecule has 0 aliphatic carbocycles. The maximum Gasteiger partial charge on any atom is 0.333 e. The van der Waals surface area contributed by atoms with Crippen molar-refractivity contribution in [1.82, 2.24) is 0 Å². The number of hydrogen-bond donors (Lipinski definition) is 0. The number of esters is 2. The van der Waals surface area contributed by atoms with E-state index < -0.39 is 0 Å². The van der Waals surface area contributed by atoms with Gasteiger partial charge in [0.25, 0.3) is 0 Å². The first-order valence-corrected chi connectivity index (χ1v) is 6.25. The molecule has 0 amide bonds. The van der Waals surface area contributed by atoms with Crippen molar-refractivity contribution in [3.05, 3.63) is 12.2 Å². The zero-order chi connectivity index (χ0) is 12.9. The SMILES string of the molecule is C=C(C)C(=O)OC1CC2OC(C1)C1C(=O)OCC21. The molecule has 3 aliphatic rings. The van der Waals surface area contributed by atoms with Crippen molar-refractivity contribution in [2.24, 2.45) is 11.8 Å². The van der Waals surface area contributed by atoms with E-state index in [1.54, 1.807) is 6.92 Å². The Kier molecular flexibility index (Phi) is 2.66. The summed E-state index contributed by atoms with van der Waals surface area (Å²) in [5, 5.41) is 0. The number of carbonyl (C=O) groups excluding carboxylic acids is 2. The number of carbonyl (C=O) groups is 2. The molecule has 5 unspecified atom stereocenters. The van der Waals surface area contributed by atoms with E-state index in [9.17, 15) is 9.59 Å². The number of fused-ring (bicyclic) bond motifs is 5. The van der Waals surface area contributed by atoms with Crippen LogP contribution < -0.4 is 0 Å². The first kappa shape index (κ1) is 11.7. The van der Waals surface area contributed by atoms with Gasteiger partial charge >= 0.3 is 11.9 Å². The molecule has 98 valence electrons. The fourth-order valence-electron chi connectivity index (χ4n) is 3.12. The van der Waals surface area contributed by atoms with E-state index in [2.05, 4.69) is 6.58 Å². The zero-order valence-electron chi connectivity index (χ0n) is 10.3. The fraction of sp³-hybridized carbons (Fsp3) is 0.692. The number of ether oxygens (including phenoxy) is 3. The van der Waals surface area contributed by atoms with Crippen LogP contribution in [0.1, 0.15) is 19.8 Å². The summed E-state index contributed by atoms with van der Waals surface area (Å²) in [5.41, 5.74) is 0.397. The molecule has 3 rings (SSSR count). The second-order valence-electron chi connectivity index (χ2n) is 5.31. The molecule has 3 saturated heterocycles. The molecule has 0 aromatic rings. The van der Waals surface area contributed by atoms with E-state index in [1.165, 1.54) is 0 Å². The van der Waals surface area contributed by atoms with Gasteiger partial charge in [-0.05, 0) is 6.92 Å². The second-order valence-corrected chi connectivity index (χ2v) is 5.31. The highest BCUT2D eigenvalue weighted by Crippen LogP contribution is 2.45. The Balaban J connectivity index is 1.69. The highest BCUT2D eigenvalue weighted by molar-refractivity contribution is 5.87. The lowest BCUT2D eigenvalue weighted by Gasteiger charge is -2.29. The third-order valence-corrected chi connectivity index (χ3v) is 3.99. The van der Waals surface area contributed by atoms with Crippen LogP contribution in [-0.4, -0.2) is 36.9 Å².